The van der Waals surface area contributed by atoms with E-state index in [1.54, 1.807) is 17.2 Å². The van der Waals surface area contributed by atoms with Gasteiger partial charge in [0.25, 0.3) is 0 Å². The van der Waals surface area contributed by atoms with Crippen LogP contribution in [0, 0.1) is 5.92 Å². The van der Waals surface area contributed by atoms with Crippen LogP contribution in [0.1, 0.15) is 26.0 Å². The van der Waals surface area contributed by atoms with Crippen LogP contribution in [0.4, 0.5) is 0 Å². The first-order chi connectivity index (χ1) is 8.60. The van der Waals surface area contributed by atoms with Gasteiger partial charge in [0.15, 0.2) is 0 Å². The maximum atomic E-state index is 10.9. The van der Waals surface area contributed by atoms with Crippen LogP contribution >= 0.6 is 0 Å². The minimum absolute atomic E-state index is 0.362. The lowest BCUT2D eigenvalue weighted by atomic mass is 9.89. The predicted octanol–water partition coefficient (Wildman–Crippen LogP) is 1.61. The molecule has 96 valence electrons. The summed E-state index contributed by atoms with van der Waals surface area (Å²) in [6, 6.07) is 5.57. The van der Waals surface area contributed by atoms with E-state index in [1.165, 1.54) is 6.33 Å². The summed E-state index contributed by atoms with van der Waals surface area (Å²) in [4.78, 5) is 8.17. The molecule has 0 saturated heterocycles. The first-order valence-electron chi connectivity index (χ1n) is 6.06. The highest BCUT2D eigenvalue weighted by atomic mass is 16.3. The van der Waals surface area contributed by atoms with E-state index in [0.29, 0.717) is 24.6 Å². The van der Waals surface area contributed by atoms with Crippen LogP contribution in [0.5, 0.6) is 0 Å². The minimum atomic E-state index is -1.01. The van der Waals surface area contributed by atoms with Crippen LogP contribution in [-0.2, 0) is 12.1 Å². The van der Waals surface area contributed by atoms with Crippen LogP contribution in [0.2, 0.25) is 0 Å². The maximum Gasteiger partial charge on any atom is 0.137 e. The van der Waals surface area contributed by atoms with Gasteiger partial charge in [-0.2, -0.15) is 5.10 Å². The van der Waals surface area contributed by atoms with E-state index in [4.69, 9.17) is 0 Å². The normalized spacial score (nSPS) is 14.7. The van der Waals surface area contributed by atoms with Crippen molar-refractivity contribution in [2.45, 2.75) is 32.4 Å². The molecule has 0 radical (unpaired) electrons. The Morgan fingerprint density at radius 1 is 1.39 bits per heavy atom. The van der Waals surface area contributed by atoms with Crippen molar-refractivity contribution in [3.63, 3.8) is 0 Å². The van der Waals surface area contributed by atoms with Crippen molar-refractivity contribution in [3.05, 3.63) is 42.7 Å². The lowest BCUT2D eigenvalue weighted by Crippen LogP contribution is -2.34. The number of aliphatic hydroxyl groups is 1. The second-order valence-corrected chi connectivity index (χ2v) is 4.94. The fourth-order valence-corrected chi connectivity index (χ4v) is 2.15. The van der Waals surface area contributed by atoms with Crippen LogP contribution in [-0.4, -0.2) is 24.9 Å². The predicted molar refractivity (Wildman–Crippen MR) is 67.6 cm³/mol. The van der Waals surface area contributed by atoms with Crippen molar-refractivity contribution in [3.8, 4) is 0 Å². The van der Waals surface area contributed by atoms with E-state index in [9.17, 15) is 5.11 Å². The SMILES string of the molecule is CC(C)CC(O)(Cn1cncn1)c1ccccn1. The molecule has 0 fully saturated rings. The summed E-state index contributed by atoms with van der Waals surface area (Å²) in [5, 5.41) is 14.9. The third-order valence-corrected chi connectivity index (χ3v) is 2.78. The number of nitrogens with zero attached hydrogens (tertiary/aromatic N) is 4. The zero-order chi connectivity index (χ0) is 13.0. The molecule has 0 aromatic carbocycles. The van der Waals surface area contributed by atoms with Crippen LogP contribution < -0.4 is 0 Å². The van der Waals surface area contributed by atoms with Crippen molar-refractivity contribution in [1.82, 2.24) is 19.7 Å². The third-order valence-electron chi connectivity index (χ3n) is 2.78. The Bertz CT molecular complexity index is 469. The van der Waals surface area contributed by atoms with Gasteiger partial charge < -0.3 is 5.11 Å². The number of hydrogen-bond acceptors (Lipinski definition) is 4. The Labute approximate surface area is 107 Å². The molecular formula is C13H18N4O. The first-order valence-corrected chi connectivity index (χ1v) is 6.06. The quantitative estimate of drug-likeness (QED) is 0.870. The van der Waals surface area contributed by atoms with Crippen molar-refractivity contribution in [2.24, 2.45) is 5.92 Å². The van der Waals surface area contributed by atoms with Gasteiger partial charge >= 0.3 is 0 Å². The standard InChI is InChI=1S/C13H18N4O/c1-11(2)7-13(18,8-17-10-14-9-16-17)12-5-3-4-6-15-12/h3-6,9-11,18H,7-8H2,1-2H3. The zero-order valence-corrected chi connectivity index (χ0v) is 10.7. The summed E-state index contributed by atoms with van der Waals surface area (Å²) >= 11 is 0. The van der Waals surface area contributed by atoms with E-state index in [-0.39, 0.29) is 0 Å². The number of hydrogen-bond donors (Lipinski definition) is 1. The maximum absolute atomic E-state index is 10.9. The monoisotopic (exact) mass is 246 g/mol. The molecule has 2 heterocycles. The van der Waals surface area contributed by atoms with E-state index in [2.05, 4.69) is 28.9 Å². The molecule has 0 bridgehead atoms. The van der Waals surface area contributed by atoms with Gasteiger partial charge in [0, 0.05) is 6.20 Å². The zero-order valence-electron chi connectivity index (χ0n) is 10.7. The molecule has 0 amide bonds. The van der Waals surface area contributed by atoms with E-state index < -0.39 is 5.60 Å². The van der Waals surface area contributed by atoms with Gasteiger partial charge in [-0.15, -0.1) is 0 Å². The molecule has 5 heteroatoms. The average Bonchev–Trinajstić information content (AvgIpc) is 2.81. The molecule has 5 nitrogen and oxygen atoms in total. The van der Waals surface area contributed by atoms with Crippen LogP contribution in [0.15, 0.2) is 37.1 Å². The van der Waals surface area contributed by atoms with Crippen molar-refractivity contribution in [1.29, 1.82) is 0 Å². The van der Waals surface area contributed by atoms with Gasteiger partial charge in [-0.1, -0.05) is 19.9 Å². The third kappa shape index (κ3) is 2.92. The van der Waals surface area contributed by atoms with E-state index >= 15 is 0 Å². The minimum Gasteiger partial charge on any atom is -0.382 e. The molecule has 1 unspecified atom stereocenters. The molecule has 0 aliphatic heterocycles. The topological polar surface area (TPSA) is 63.8 Å². The van der Waals surface area contributed by atoms with Crippen LogP contribution in [0.25, 0.3) is 0 Å². The Morgan fingerprint density at radius 3 is 2.78 bits per heavy atom. The van der Waals surface area contributed by atoms with E-state index in [1.807, 2.05) is 18.2 Å². The van der Waals surface area contributed by atoms with Crippen LogP contribution in [0.3, 0.4) is 0 Å². The summed E-state index contributed by atoms with van der Waals surface area (Å²) < 4.78 is 1.64. The van der Waals surface area contributed by atoms with Gasteiger partial charge in [-0.05, 0) is 24.5 Å². The average molecular weight is 246 g/mol. The highest BCUT2D eigenvalue weighted by Crippen LogP contribution is 2.28. The Hall–Kier alpha value is -1.75. The summed E-state index contributed by atoms with van der Waals surface area (Å²) in [6.07, 6.45) is 5.40. The fraction of sp³-hybridized carbons (Fsp3) is 0.462. The Kier molecular flexibility index (Phi) is 3.72. The molecule has 0 aliphatic rings. The molecule has 2 aromatic rings. The number of pyridine rings is 1. The summed E-state index contributed by atoms with van der Waals surface area (Å²) in [5.41, 5.74) is -0.336. The van der Waals surface area contributed by atoms with Crippen molar-refractivity contribution in [2.75, 3.05) is 0 Å². The van der Waals surface area contributed by atoms with Gasteiger partial charge in [0.2, 0.25) is 0 Å². The first kappa shape index (κ1) is 12.7. The lowest BCUT2D eigenvalue weighted by Gasteiger charge is -2.29. The largest absolute Gasteiger partial charge is 0.382 e. The molecular weight excluding hydrogens is 228 g/mol. The second-order valence-electron chi connectivity index (χ2n) is 4.94. The number of rotatable bonds is 5. The lowest BCUT2D eigenvalue weighted by molar-refractivity contribution is -0.00892. The van der Waals surface area contributed by atoms with E-state index in [0.717, 1.165) is 0 Å². The summed E-state index contributed by atoms with van der Waals surface area (Å²) in [6.45, 7) is 4.52. The molecule has 1 atom stereocenters. The smallest absolute Gasteiger partial charge is 0.137 e. The highest BCUT2D eigenvalue weighted by molar-refractivity contribution is 5.13. The molecule has 2 aromatic heterocycles. The molecule has 0 spiro atoms. The molecule has 0 saturated carbocycles. The summed E-state index contributed by atoms with van der Waals surface area (Å²) in [5.74, 6) is 0.362. The second kappa shape index (κ2) is 5.27. The van der Waals surface area contributed by atoms with Gasteiger partial charge in [-0.25, -0.2) is 9.67 Å². The molecule has 1 N–H and O–H groups in total. The fourth-order valence-electron chi connectivity index (χ4n) is 2.15. The summed E-state index contributed by atoms with van der Waals surface area (Å²) in [7, 11) is 0. The molecule has 18 heavy (non-hydrogen) atoms. The Morgan fingerprint density at radius 2 is 2.22 bits per heavy atom. The molecule has 0 aliphatic carbocycles. The Balaban J connectivity index is 2.28. The molecule has 2 rings (SSSR count). The van der Waals surface area contributed by atoms with Gasteiger partial charge in [0.05, 0.1) is 12.2 Å². The van der Waals surface area contributed by atoms with Gasteiger partial charge in [0.1, 0.15) is 18.3 Å². The highest BCUT2D eigenvalue weighted by Gasteiger charge is 2.32. The van der Waals surface area contributed by atoms with Crippen molar-refractivity contribution < 1.29 is 5.11 Å². The van der Waals surface area contributed by atoms with Crippen molar-refractivity contribution >= 4 is 0 Å². The number of aromatic nitrogens is 4. The van der Waals surface area contributed by atoms with Gasteiger partial charge in [-0.3, -0.25) is 4.98 Å².